The van der Waals surface area contributed by atoms with Crippen molar-refractivity contribution in [1.82, 2.24) is 15.3 Å². The Morgan fingerprint density at radius 3 is 1.77 bits per heavy atom. The summed E-state index contributed by atoms with van der Waals surface area (Å²) in [5.74, 6) is -44.0. The summed E-state index contributed by atoms with van der Waals surface area (Å²) in [7, 11) is 0. The minimum Gasteiger partial charge on any atom is -0.325 e. The van der Waals surface area contributed by atoms with Crippen LogP contribution in [-0.2, 0) is 5.79 Å². The van der Waals surface area contributed by atoms with Gasteiger partial charge in [0.25, 0.3) is 0 Å². The molecular formula is C36H14F15N9. The van der Waals surface area contributed by atoms with Crippen LogP contribution >= 0.6 is 0 Å². The number of aliphatic imine (C=N–C) groups is 4. The molecule has 4 N–H and O–H groups in total. The number of H-pyrrole nitrogens is 2. The first-order chi connectivity index (χ1) is 28.4. The Bertz CT molecular complexity index is 3160. The third-order valence-electron chi connectivity index (χ3n) is 9.79. The van der Waals surface area contributed by atoms with Gasteiger partial charge in [0.15, 0.2) is 99.0 Å². The maximum atomic E-state index is 17.1. The van der Waals surface area contributed by atoms with Gasteiger partial charge >= 0.3 is 0 Å². The lowest BCUT2D eigenvalue weighted by Crippen LogP contribution is -2.47. The van der Waals surface area contributed by atoms with E-state index in [0.717, 1.165) is 0 Å². The average Bonchev–Trinajstić information content (AvgIpc) is 3.96. The molecule has 60 heavy (non-hydrogen) atoms. The van der Waals surface area contributed by atoms with Gasteiger partial charge in [0.05, 0.1) is 38.2 Å². The fourth-order valence-corrected chi connectivity index (χ4v) is 7.04. The van der Waals surface area contributed by atoms with E-state index < -0.39 is 184 Å². The van der Waals surface area contributed by atoms with E-state index in [1.54, 1.807) is 6.92 Å². The quantitative estimate of drug-likeness (QED) is 0.0480. The molecule has 0 spiro atoms. The van der Waals surface area contributed by atoms with Crippen molar-refractivity contribution in [1.29, 1.82) is 0 Å². The molecule has 1 unspecified atom stereocenters. The first-order valence-electron chi connectivity index (χ1n) is 17.0. The Morgan fingerprint density at radius 2 is 1.15 bits per heavy atom. The SMILES string of the molecule is CCCCNC1(F)C(F)=C(F)C(F)=c2c1c1[nH]/c2=N\C2=NC(=N\c3[nH]c(c4c(F)c(F)c(F)c(F)c34)/N=C3\N=C(N1)c1c(F)c(F)c(F)c(F)c13)/c1c2cc(F)c(F)c1F. The molecule has 3 aliphatic heterocycles. The van der Waals surface area contributed by atoms with Crippen LogP contribution in [0.15, 0.2) is 42.7 Å². The fourth-order valence-electron chi connectivity index (χ4n) is 7.04. The van der Waals surface area contributed by atoms with Crippen LogP contribution in [0.4, 0.5) is 83.3 Å². The van der Waals surface area contributed by atoms with E-state index in [2.05, 4.69) is 45.6 Å². The molecular weight excluding hydrogens is 843 g/mol. The normalized spacial score (nSPS) is 20.2. The maximum Gasteiger partial charge on any atom is 0.246 e. The molecule has 1 aliphatic carbocycles. The number of nitrogens with zero attached hydrogens (tertiary/aromatic N) is 5. The lowest BCUT2D eigenvalue weighted by molar-refractivity contribution is 0.119. The molecule has 3 aromatic carbocycles. The maximum absolute atomic E-state index is 17.1. The summed E-state index contributed by atoms with van der Waals surface area (Å²) in [4.78, 5) is 23.3. The topological polar surface area (TPSA) is 117 Å². The van der Waals surface area contributed by atoms with Crippen molar-refractivity contribution in [3.63, 3.8) is 0 Å². The second kappa shape index (κ2) is 13.1. The highest BCUT2D eigenvalue weighted by molar-refractivity contribution is 6.27. The van der Waals surface area contributed by atoms with Crippen molar-refractivity contribution < 1.29 is 65.9 Å². The van der Waals surface area contributed by atoms with Crippen LogP contribution in [0.2, 0.25) is 0 Å². The number of nitrogens with one attached hydrogen (secondary N) is 4. The number of hydrogen-bond acceptors (Lipinski definition) is 7. The first-order valence-corrected chi connectivity index (χ1v) is 17.0. The Kier molecular flexibility index (Phi) is 8.49. The van der Waals surface area contributed by atoms with Crippen LogP contribution in [0.25, 0.3) is 16.6 Å². The molecule has 0 saturated carbocycles. The highest BCUT2D eigenvalue weighted by atomic mass is 19.2. The van der Waals surface area contributed by atoms with E-state index in [4.69, 9.17) is 0 Å². The smallest absolute Gasteiger partial charge is 0.246 e. The highest BCUT2D eigenvalue weighted by Crippen LogP contribution is 2.44. The molecule has 9 nitrogen and oxygen atoms in total. The van der Waals surface area contributed by atoms with Crippen LogP contribution in [0, 0.1) is 64.0 Å². The lowest BCUT2D eigenvalue weighted by Gasteiger charge is -2.28. The van der Waals surface area contributed by atoms with E-state index in [9.17, 15) is 26.3 Å². The molecule has 8 bridgehead atoms. The number of benzene rings is 3. The molecule has 2 aromatic heterocycles. The zero-order valence-corrected chi connectivity index (χ0v) is 29.1. The van der Waals surface area contributed by atoms with Gasteiger partial charge in [-0.3, -0.25) is 5.32 Å². The van der Waals surface area contributed by atoms with Gasteiger partial charge in [-0.2, -0.15) is 0 Å². The highest BCUT2D eigenvalue weighted by Gasteiger charge is 2.49. The third kappa shape index (κ3) is 5.11. The Labute approximate surface area is 321 Å². The molecule has 5 heterocycles. The minimum absolute atomic E-state index is 0.0845. The van der Waals surface area contributed by atoms with Crippen molar-refractivity contribution in [2.75, 3.05) is 11.9 Å². The summed E-state index contributed by atoms with van der Waals surface area (Å²) in [6, 6.07) is 0.266. The van der Waals surface area contributed by atoms with Gasteiger partial charge in [-0.15, -0.1) is 0 Å². The third-order valence-corrected chi connectivity index (χ3v) is 9.79. The number of amidine groups is 4. The Hall–Kier alpha value is -6.72. The summed E-state index contributed by atoms with van der Waals surface area (Å²) >= 11 is 0. The molecule has 0 radical (unpaired) electrons. The zero-order chi connectivity index (χ0) is 43.0. The van der Waals surface area contributed by atoms with Gasteiger partial charge in [-0.1, -0.05) is 13.3 Å². The van der Waals surface area contributed by atoms with Crippen molar-refractivity contribution in [2.24, 2.45) is 25.0 Å². The molecule has 0 fully saturated rings. The van der Waals surface area contributed by atoms with Gasteiger partial charge < -0.3 is 15.3 Å². The van der Waals surface area contributed by atoms with E-state index in [-0.39, 0.29) is 12.5 Å². The molecule has 0 saturated heterocycles. The number of aromatic nitrogens is 2. The van der Waals surface area contributed by atoms with E-state index in [1.165, 1.54) is 0 Å². The number of halogens is 15. The zero-order valence-electron chi connectivity index (χ0n) is 29.1. The number of hydrogen-bond donors (Lipinski definition) is 4. The van der Waals surface area contributed by atoms with Crippen LogP contribution in [0.1, 0.15) is 47.6 Å². The average molecular weight is 858 g/mol. The summed E-state index contributed by atoms with van der Waals surface area (Å²) in [5, 5.41) is 0.165. The molecule has 308 valence electrons. The summed E-state index contributed by atoms with van der Waals surface area (Å²) in [6.45, 7) is 1.17. The largest absolute Gasteiger partial charge is 0.325 e. The number of anilines is 1. The van der Waals surface area contributed by atoms with Crippen molar-refractivity contribution >= 4 is 57.4 Å². The molecule has 5 aromatic rings. The number of allylic oxidation sites excluding steroid dienone is 1. The van der Waals surface area contributed by atoms with Gasteiger partial charge in [-0.25, -0.2) is 90.8 Å². The number of rotatable bonds is 4. The number of alkyl halides is 1. The number of aromatic amines is 2. The Balaban J connectivity index is 1.47. The van der Waals surface area contributed by atoms with Crippen LogP contribution in [-0.4, -0.2) is 39.9 Å². The van der Waals surface area contributed by atoms with Crippen LogP contribution < -0.4 is 21.3 Å². The molecule has 0 amide bonds. The van der Waals surface area contributed by atoms with Crippen molar-refractivity contribution in [3.05, 3.63) is 120 Å². The standard InChI is InChI=1S/C36H14F15N9/c1-2-3-4-52-36(51)14-13(21(44)26(49)27(36)50)34-54-28-6-5-7(37)15(38)16(39)8(6)29(53-28)55-30-9-10(18(41)23(46)22(45)17(9)40)31(56-30)57-32-11-12(33(58-32)59-35(14)60-34)20(43)25(48)24(47)19(11)42/h5,52,56H,2-4H2,1H3,(H,57,58,59)(H,53,54,55,60). The van der Waals surface area contributed by atoms with Crippen LogP contribution in [0.3, 0.4) is 0 Å². The van der Waals surface area contributed by atoms with E-state index in [0.29, 0.717) is 6.42 Å². The van der Waals surface area contributed by atoms with Gasteiger partial charge in [-0.05, 0) is 19.0 Å². The monoisotopic (exact) mass is 857 g/mol. The van der Waals surface area contributed by atoms with Gasteiger partial charge in [0, 0.05) is 5.56 Å². The van der Waals surface area contributed by atoms with Gasteiger partial charge in [0.2, 0.25) is 5.79 Å². The second-order valence-electron chi connectivity index (χ2n) is 13.2. The Morgan fingerprint density at radius 1 is 0.583 bits per heavy atom. The fraction of sp³-hybridized carbons (Fsp3) is 0.139. The van der Waals surface area contributed by atoms with Gasteiger partial charge in [0.1, 0.15) is 28.8 Å². The molecule has 1 atom stereocenters. The molecule has 9 rings (SSSR count). The first kappa shape index (κ1) is 38.8. The number of unbranched alkanes of at least 4 members (excludes halogenated alkanes) is 1. The van der Waals surface area contributed by atoms with Crippen molar-refractivity contribution in [2.45, 2.75) is 25.6 Å². The summed E-state index contributed by atoms with van der Waals surface area (Å²) in [6.07, 6.45) is 0.416. The number of fused-ring (bicyclic) bond motifs is 18. The molecule has 4 aliphatic rings. The summed E-state index contributed by atoms with van der Waals surface area (Å²) < 4.78 is 231. The van der Waals surface area contributed by atoms with E-state index in [1.807, 2.05) is 0 Å². The van der Waals surface area contributed by atoms with E-state index >= 15 is 39.5 Å². The molecule has 24 heteroatoms. The minimum atomic E-state index is -3.89. The predicted molar refractivity (Wildman–Crippen MR) is 181 cm³/mol. The lowest BCUT2D eigenvalue weighted by atomic mass is 9.96. The summed E-state index contributed by atoms with van der Waals surface area (Å²) in [5.41, 5.74) is -7.15. The van der Waals surface area contributed by atoms with Crippen LogP contribution in [0.5, 0.6) is 0 Å². The second-order valence-corrected chi connectivity index (χ2v) is 13.2. The predicted octanol–water partition coefficient (Wildman–Crippen LogP) is 8.20. The van der Waals surface area contributed by atoms with Crippen molar-refractivity contribution in [3.8, 4) is 0 Å².